The number of carbonyl (C=O) groups is 2. The van der Waals surface area contributed by atoms with Crippen LogP contribution < -0.4 is 5.43 Å². The Labute approximate surface area is 163 Å². The van der Waals surface area contributed by atoms with Crippen LogP contribution in [0.2, 0.25) is 5.02 Å². The fourth-order valence-corrected chi connectivity index (χ4v) is 2.75. The second-order valence-electron chi connectivity index (χ2n) is 6.31. The van der Waals surface area contributed by atoms with Crippen LogP contribution in [0.1, 0.15) is 25.8 Å². The third-order valence-electron chi connectivity index (χ3n) is 3.92. The molecule has 0 bridgehead atoms. The van der Waals surface area contributed by atoms with Crippen LogP contribution in [-0.2, 0) is 14.3 Å². The first-order chi connectivity index (χ1) is 12.9. The van der Waals surface area contributed by atoms with E-state index in [-0.39, 0.29) is 25.0 Å². The van der Waals surface area contributed by atoms with E-state index in [1.165, 1.54) is 4.90 Å². The van der Waals surface area contributed by atoms with E-state index in [1.54, 1.807) is 25.1 Å². The number of ether oxygens (including phenoxy) is 1. The molecule has 1 heterocycles. The number of amides is 1. The molecule has 0 saturated heterocycles. The van der Waals surface area contributed by atoms with Gasteiger partial charge in [0.05, 0.1) is 18.4 Å². The lowest BCUT2D eigenvalue weighted by Gasteiger charge is -2.25. The number of rotatable bonds is 7. The predicted octanol–water partition coefficient (Wildman–Crippen LogP) is 2.30. The molecule has 7 nitrogen and oxygen atoms in total. The first kappa shape index (κ1) is 20.9. The molecule has 27 heavy (non-hydrogen) atoms. The normalized spacial score (nSPS) is 21.8. The zero-order valence-corrected chi connectivity index (χ0v) is 16.2. The maximum absolute atomic E-state index is 12.7. The van der Waals surface area contributed by atoms with Crippen LogP contribution >= 0.6 is 11.6 Å². The van der Waals surface area contributed by atoms with Gasteiger partial charge >= 0.3 is 5.97 Å². The van der Waals surface area contributed by atoms with E-state index in [4.69, 9.17) is 21.4 Å². The van der Waals surface area contributed by atoms with E-state index in [0.29, 0.717) is 29.5 Å². The zero-order chi connectivity index (χ0) is 19.8. The largest absolute Gasteiger partial charge is 0.480 e. The number of hydrazone groups is 1. The van der Waals surface area contributed by atoms with E-state index in [1.807, 2.05) is 19.1 Å². The Kier molecular flexibility index (Phi) is 7.82. The number of aliphatic carboxylic acids is 1. The summed E-state index contributed by atoms with van der Waals surface area (Å²) in [6, 6.07) is 6.78. The summed E-state index contributed by atoms with van der Waals surface area (Å²) < 4.78 is 5.58. The molecule has 1 aliphatic rings. The van der Waals surface area contributed by atoms with Crippen molar-refractivity contribution in [2.45, 2.75) is 26.3 Å². The van der Waals surface area contributed by atoms with Gasteiger partial charge in [0, 0.05) is 29.3 Å². The molecule has 2 rings (SSSR count). The number of carboxylic acids is 1. The number of hydrogen-bond donors (Lipinski definition) is 2. The summed E-state index contributed by atoms with van der Waals surface area (Å²) >= 11 is 5.94. The molecule has 0 saturated carbocycles. The van der Waals surface area contributed by atoms with Gasteiger partial charge in [-0.2, -0.15) is 5.10 Å². The van der Waals surface area contributed by atoms with Crippen LogP contribution in [0.4, 0.5) is 0 Å². The van der Waals surface area contributed by atoms with Gasteiger partial charge in [-0.3, -0.25) is 9.59 Å². The lowest BCUT2D eigenvalue weighted by molar-refractivity contribution is -0.143. The first-order valence-corrected chi connectivity index (χ1v) is 9.14. The van der Waals surface area contributed by atoms with Gasteiger partial charge in [-0.25, -0.2) is 0 Å². The fourth-order valence-electron chi connectivity index (χ4n) is 2.63. The van der Waals surface area contributed by atoms with Gasteiger partial charge in [0.2, 0.25) is 5.91 Å². The Morgan fingerprint density at radius 2 is 2.11 bits per heavy atom. The van der Waals surface area contributed by atoms with Crippen molar-refractivity contribution >= 4 is 29.2 Å². The molecule has 1 unspecified atom stereocenters. The fraction of sp³-hybridized carbons (Fsp3) is 0.421. The average Bonchev–Trinajstić information content (AvgIpc) is 2.68. The topological polar surface area (TPSA) is 91.2 Å². The minimum atomic E-state index is -1.07. The van der Waals surface area contributed by atoms with Gasteiger partial charge in [-0.15, -0.1) is 0 Å². The summed E-state index contributed by atoms with van der Waals surface area (Å²) in [5.41, 5.74) is 4.79. The number of nitrogens with zero attached hydrogens (tertiary/aromatic N) is 2. The minimum absolute atomic E-state index is 0.178. The highest BCUT2D eigenvalue weighted by Gasteiger charge is 2.24. The lowest BCUT2D eigenvalue weighted by atomic mass is 10.1. The van der Waals surface area contributed by atoms with E-state index in [0.717, 1.165) is 12.0 Å². The van der Waals surface area contributed by atoms with Crippen molar-refractivity contribution in [3.63, 3.8) is 0 Å². The number of benzene rings is 1. The van der Waals surface area contributed by atoms with Crippen LogP contribution in [0, 0.1) is 0 Å². The summed E-state index contributed by atoms with van der Waals surface area (Å²) in [7, 11) is 0. The Balaban J connectivity index is 2.33. The highest BCUT2D eigenvalue weighted by atomic mass is 35.5. The predicted molar refractivity (Wildman–Crippen MR) is 104 cm³/mol. The molecule has 1 atom stereocenters. The third kappa shape index (κ3) is 6.37. The smallest absolute Gasteiger partial charge is 0.323 e. The molecule has 8 heteroatoms. The van der Waals surface area contributed by atoms with Crippen molar-refractivity contribution in [1.29, 1.82) is 0 Å². The molecule has 0 spiro atoms. The van der Waals surface area contributed by atoms with Crippen molar-refractivity contribution in [1.82, 2.24) is 10.3 Å². The standard InChI is InChI=1S/C19H24ClN3O4/c1-3-8-27-12-16-10-23(11-18(24)25)19(26)13(2)9-17(22-21-16)14-4-6-15(20)7-5-14/h4-7,9,16,21H,3,8,10-12H2,1-2H3,(H,24,25)/b13-9+,22-17+. The minimum Gasteiger partial charge on any atom is -0.480 e. The molecule has 1 aromatic carbocycles. The van der Waals surface area contributed by atoms with Crippen LogP contribution in [0.15, 0.2) is 41.0 Å². The summed E-state index contributed by atoms with van der Waals surface area (Å²) in [6.07, 6.45) is 2.51. The molecule has 0 radical (unpaired) electrons. The van der Waals surface area contributed by atoms with Crippen LogP contribution in [0.25, 0.3) is 0 Å². The quantitative estimate of drug-likeness (QED) is 0.693. The maximum atomic E-state index is 12.7. The van der Waals surface area contributed by atoms with E-state index in [2.05, 4.69) is 10.5 Å². The maximum Gasteiger partial charge on any atom is 0.323 e. The molecule has 146 valence electrons. The molecule has 1 amide bonds. The van der Waals surface area contributed by atoms with Gasteiger partial charge in [0.15, 0.2) is 0 Å². The number of nitrogens with one attached hydrogen (secondary N) is 1. The summed E-state index contributed by atoms with van der Waals surface area (Å²) in [4.78, 5) is 25.2. The van der Waals surface area contributed by atoms with Gasteiger partial charge in [-0.05, 0) is 31.6 Å². The molecule has 2 N–H and O–H groups in total. The van der Waals surface area contributed by atoms with E-state index < -0.39 is 5.97 Å². The van der Waals surface area contributed by atoms with E-state index in [9.17, 15) is 9.59 Å². The zero-order valence-electron chi connectivity index (χ0n) is 15.4. The van der Waals surface area contributed by atoms with Gasteiger partial charge in [0.25, 0.3) is 0 Å². The Hall–Kier alpha value is -2.38. The van der Waals surface area contributed by atoms with Crippen LogP contribution in [0.5, 0.6) is 0 Å². The van der Waals surface area contributed by atoms with Gasteiger partial charge in [0.1, 0.15) is 6.54 Å². The van der Waals surface area contributed by atoms with Crippen LogP contribution in [-0.4, -0.2) is 59.9 Å². The summed E-state index contributed by atoms with van der Waals surface area (Å²) in [6.45, 7) is 4.34. The molecule has 1 aliphatic heterocycles. The SMILES string of the molecule is CCCOCC1CN(CC(=O)O)C(=O)/C(C)=C/C(c2ccc(Cl)cc2)=N\N1. The third-order valence-corrected chi connectivity index (χ3v) is 4.17. The Bertz CT molecular complexity index is 731. The Morgan fingerprint density at radius 1 is 1.41 bits per heavy atom. The molecular weight excluding hydrogens is 370 g/mol. The average molecular weight is 394 g/mol. The number of hydrogen-bond acceptors (Lipinski definition) is 5. The molecular formula is C19H24ClN3O4. The van der Waals surface area contributed by atoms with Crippen LogP contribution in [0.3, 0.4) is 0 Å². The summed E-state index contributed by atoms with van der Waals surface area (Å²) in [5, 5.41) is 14.2. The number of allylic oxidation sites excluding steroid dienone is 1. The van der Waals surface area contributed by atoms with Gasteiger partial charge < -0.3 is 20.2 Å². The summed E-state index contributed by atoms with van der Waals surface area (Å²) in [5.74, 6) is -1.41. The van der Waals surface area contributed by atoms with Crippen molar-refractivity contribution in [3.8, 4) is 0 Å². The molecule has 0 fully saturated rings. The number of carboxylic acid groups (broad SMARTS) is 1. The van der Waals surface area contributed by atoms with Crippen molar-refractivity contribution in [2.75, 3.05) is 26.3 Å². The molecule has 1 aromatic rings. The van der Waals surface area contributed by atoms with Crippen molar-refractivity contribution in [3.05, 3.63) is 46.5 Å². The second-order valence-corrected chi connectivity index (χ2v) is 6.75. The monoisotopic (exact) mass is 393 g/mol. The number of halogens is 1. The highest BCUT2D eigenvalue weighted by Crippen LogP contribution is 2.14. The van der Waals surface area contributed by atoms with Gasteiger partial charge in [-0.1, -0.05) is 30.7 Å². The number of carbonyl (C=O) groups excluding carboxylic acids is 1. The molecule has 0 aliphatic carbocycles. The first-order valence-electron chi connectivity index (χ1n) is 8.77. The lowest BCUT2D eigenvalue weighted by Crippen LogP contribution is -2.46. The van der Waals surface area contributed by atoms with Crippen molar-refractivity contribution in [2.24, 2.45) is 5.10 Å². The highest BCUT2D eigenvalue weighted by molar-refractivity contribution is 6.30. The van der Waals surface area contributed by atoms with Crippen molar-refractivity contribution < 1.29 is 19.4 Å². The molecule has 0 aromatic heterocycles. The Morgan fingerprint density at radius 3 is 2.74 bits per heavy atom. The second kappa shape index (κ2) is 10.1. The van der Waals surface area contributed by atoms with E-state index >= 15 is 0 Å².